The molecule has 47 heavy (non-hydrogen) atoms. The van der Waals surface area contributed by atoms with Crippen LogP contribution in [0.25, 0.3) is 0 Å². The van der Waals surface area contributed by atoms with Gasteiger partial charge in [0.25, 0.3) is 0 Å². The van der Waals surface area contributed by atoms with Gasteiger partial charge in [-0.15, -0.1) is 0 Å². The zero-order chi connectivity index (χ0) is 33.1. The van der Waals surface area contributed by atoms with E-state index in [9.17, 15) is 0 Å². The molecule has 0 saturated carbocycles. The second-order valence-electron chi connectivity index (χ2n) is 15.7. The van der Waals surface area contributed by atoms with Crippen LogP contribution in [0.5, 0.6) is 0 Å². The third-order valence-electron chi connectivity index (χ3n) is 9.52. The molecule has 0 amide bonds. The van der Waals surface area contributed by atoms with E-state index in [1.54, 1.807) is 0 Å². The van der Waals surface area contributed by atoms with Gasteiger partial charge in [0.1, 0.15) is 17.5 Å². The SMILES string of the molecule is CC(C)(C)CCC(CCC(C)(C)C)(C1=N[C@H](c2ccccc2)[C@H](c2ccccc2)O1)C1=N[C@H](c2ccccc2)[C@H](c2ccccc2)O1. The maximum absolute atomic E-state index is 7.19. The molecule has 2 aliphatic rings. The van der Waals surface area contributed by atoms with Crippen molar-refractivity contribution in [3.63, 3.8) is 0 Å². The van der Waals surface area contributed by atoms with Gasteiger partial charge in [-0.1, -0.05) is 163 Å². The summed E-state index contributed by atoms with van der Waals surface area (Å²) in [5.74, 6) is 1.51. The monoisotopic (exact) mass is 626 g/mol. The van der Waals surface area contributed by atoms with Crippen molar-refractivity contribution < 1.29 is 9.47 Å². The van der Waals surface area contributed by atoms with Crippen LogP contribution in [-0.2, 0) is 9.47 Å². The highest BCUT2D eigenvalue weighted by atomic mass is 16.5. The van der Waals surface area contributed by atoms with E-state index < -0.39 is 5.41 Å². The number of ether oxygens (including phenoxy) is 2. The molecular formula is C43H50N2O2. The number of aliphatic imine (C=N–C) groups is 2. The van der Waals surface area contributed by atoms with E-state index in [-0.39, 0.29) is 35.1 Å². The van der Waals surface area contributed by atoms with Crippen molar-refractivity contribution in [3.05, 3.63) is 144 Å². The predicted molar refractivity (Wildman–Crippen MR) is 194 cm³/mol. The molecule has 0 saturated heterocycles. The first-order valence-electron chi connectivity index (χ1n) is 17.2. The van der Waals surface area contributed by atoms with E-state index in [1.807, 2.05) is 0 Å². The minimum Gasteiger partial charge on any atom is -0.469 e. The molecule has 2 heterocycles. The van der Waals surface area contributed by atoms with Crippen LogP contribution in [-0.4, -0.2) is 11.8 Å². The normalized spacial score (nSPS) is 21.5. The third-order valence-corrected chi connectivity index (χ3v) is 9.52. The molecule has 4 aromatic rings. The molecule has 0 unspecified atom stereocenters. The molecule has 0 spiro atoms. The van der Waals surface area contributed by atoms with E-state index in [2.05, 4.69) is 163 Å². The fourth-order valence-corrected chi connectivity index (χ4v) is 6.70. The summed E-state index contributed by atoms with van der Waals surface area (Å²) in [5, 5.41) is 0. The summed E-state index contributed by atoms with van der Waals surface area (Å²) in [5.41, 5.74) is 4.11. The van der Waals surface area contributed by atoms with Gasteiger partial charge in [-0.25, -0.2) is 9.98 Å². The molecule has 244 valence electrons. The van der Waals surface area contributed by atoms with Gasteiger partial charge in [-0.2, -0.15) is 0 Å². The fourth-order valence-electron chi connectivity index (χ4n) is 6.70. The Morgan fingerprint density at radius 2 is 0.723 bits per heavy atom. The minimum atomic E-state index is -0.631. The number of nitrogens with zero attached hydrogens (tertiary/aromatic N) is 2. The Morgan fingerprint density at radius 1 is 0.426 bits per heavy atom. The molecule has 0 aromatic heterocycles. The van der Waals surface area contributed by atoms with Gasteiger partial charge in [-0.05, 0) is 58.8 Å². The summed E-state index contributed by atoms with van der Waals surface area (Å²) >= 11 is 0. The maximum Gasteiger partial charge on any atom is 0.200 e. The lowest BCUT2D eigenvalue weighted by atomic mass is 9.71. The summed E-state index contributed by atoms with van der Waals surface area (Å²) in [6.07, 6.45) is 3.12. The van der Waals surface area contributed by atoms with Gasteiger partial charge in [0, 0.05) is 0 Å². The Balaban J connectivity index is 1.53. The molecule has 0 radical (unpaired) electrons. The highest BCUT2D eigenvalue weighted by molar-refractivity contribution is 6.06. The van der Waals surface area contributed by atoms with Gasteiger partial charge in [0.15, 0.2) is 12.2 Å². The van der Waals surface area contributed by atoms with E-state index in [1.165, 1.54) is 0 Å². The lowest BCUT2D eigenvalue weighted by Gasteiger charge is -2.37. The van der Waals surface area contributed by atoms with Gasteiger partial charge in [-0.3, -0.25) is 0 Å². The maximum atomic E-state index is 7.19. The third kappa shape index (κ3) is 7.53. The van der Waals surface area contributed by atoms with Crippen molar-refractivity contribution in [2.24, 2.45) is 26.2 Å². The van der Waals surface area contributed by atoms with Crippen LogP contribution in [0.15, 0.2) is 131 Å². The van der Waals surface area contributed by atoms with Gasteiger partial charge < -0.3 is 9.47 Å². The van der Waals surface area contributed by atoms with Crippen molar-refractivity contribution >= 4 is 11.8 Å². The summed E-state index contributed by atoms with van der Waals surface area (Å²) in [6, 6.07) is 41.9. The van der Waals surface area contributed by atoms with Crippen LogP contribution in [0.4, 0.5) is 0 Å². The average molecular weight is 627 g/mol. The number of hydrogen-bond acceptors (Lipinski definition) is 4. The lowest BCUT2D eigenvalue weighted by Crippen LogP contribution is -2.42. The summed E-state index contributed by atoms with van der Waals surface area (Å²) in [7, 11) is 0. The summed E-state index contributed by atoms with van der Waals surface area (Å²) in [4.78, 5) is 11.1. The van der Waals surface area contributed by atoms with E-state index in [0.29, 0.717) is 0 Å². The second kappa shape index (κ2) is 13.5. The topological polar surface area (TPSA) is 43.2 Å². The van der Waals surface area contributed by atoms with Crippen molar-refractivity contribution in [3.8, 4) is 0 Å². The summed E-state index contributed by atoms with van der Waals surface area (Å²) < 4.78 is 14.4. The van der Waals surface area contributed by atoms with E-state index >= 15 is 0 Å². The van der Waals surface area contributed by atoms with Crippen molar-refractivity contribution in [1.82, 2.24) is 0 Å². The molecule has 4 nitrogen and oxygen atoms in total. The van der Waals surface area contributed by atoms with Gasteiger partial charge >= 0.3 is 0 Å². The van der Waals surface area contributed by atoms with E-state index in [0.717, 1.165) is 59.7 Å². The first kappa shape index (κ1) is 32.7. The molecule has 0 N–H and O–H groups in total. The van der Waals surface area contributed by atoms with Crippen LogP contribution >= 0.6 is 0 Å². The Hall–Kier alpha value is -4.18. The number of benzene rings is 4. The molecule has 0 fully saturated rings. The first-order chi connectivity index (χ1) is 22.5. The van der Waals surface area contributed by atoms with Crippen LogP contribution in [0.1, 0.15) is 114 Å². The molecule has 2 aliphatic heterocycles. The predicted octanol–water partition coefficient (Wildman–Crippen LogP) is 11.4. The van der Waals surface area contributed by atoms with Crippen LogP contribution in [0.2, 0.25) is 0 Å². The number of rotatable bonds is 10. The van der Waals surface area contributed by atoms with Gasteiger partial charge in [0.2, 0.25) is 11.8 Å². The molecule has 4 aromatic carbocycles. The van der Waals surface area contributed by atoms with Crippen LogP contribution < -0.4 is 0 Å². The molecule has 6 rings (SSSR count). The quantitative estimate of drug-likeness (QED) is 0.176. The Kier molecular flexibility index (Phi) is 9.41. The number of hydrogen-bond donors (Lipinski definition) is 0. The van der Waals surface area contributed by atoms with Crippen molar-refractivity contribution in [1.29, 1.82) is 0 Å². The lowest BCUT2D eigenvalue weighted by molar-refractivity contribution is 0.138. The van der Waals surface area contributed by atoms with Crippen molar-refractivity contribution in [2.75, 3.05) is 0 Å². The van der Waals surface area contributed by atoms with Crippen LogP contribution in [0, 0.1) is 16.2 Å². The average Bonchev–Trinajstić information content (AvgIpc) is 3.73. The molecular weight excluding hydrogens is 576 g/mol. The highest BCUT2D eigenvalue weighted by Gasteiger charge is 2.53. The Bertz CT molecular complexity index is 1520. The molecule has 4 heteroatoms. The van der Waals surface area contributed by atoms with E-state index in [4.69, 9.17) is 19.5 Å². The molecule has 4 atom stereocenters. The Labute approximate surface area is 282 Å². The standard InChI is InChI=1S/C43H50N2O2/c1-41(2,3)27-29-43(30-28-42(4,5)6,39-44-35(31-19-11-7-12-20-31)37(46-39)33-23-15-9-16-24-33)40-45-36(32-21-13-8-14-22-32)38(47-40)34-25-17-10-18-26-34/h7-26,35-38H,27-30H2,1-6H3/t35-,36-,37+,38+/m1/s1. The molecule has 0 aliphatic carbocycles. The second-order valence-corrected chi connectivity index (χ2v) is 15.7. The molecule has 0 bridgehead atoms. The van der Waals surface area contributed by atoms with Crippen LogP contribution in [0.3, 0.4) is 0 Å². The van der Waals surface area contributed by atoms with Gasteiger partial charge in [0.05, 0.1) is 0 Å². The minimum absolute atomic E-state index is 0.0979. The zero-order valence-electron chi connectivity index (χ0n) is 28.9. The largest absolute Gasteiger partial charge is 0.469 e. The fraction of sp³-hybridized carbons (Fsp3) is 0.395. The summed E-state index contributed by atoms with van der Waals surface area (Å²) in [6.45, 7) is 13.9. The van der Waals surface area contributed by atoms with Crippen molar-refractivity contribution in [2.45, 2.75) is 91.5 Å². The Morgan fingerprint density at radius 3 is 1.02 bits per heavy atom. The zero-order valence-corrected chi connectivity index (χ0v) is 28.9. The first-order valence-corrected chi connectivity index (χ1v) is 17.2. The highest BCUT2D eigenvalue weighted by Crippen LogP contribution is 2.52. The smallest absolute Gasteiger partial charge is 0.200 e.